The van der Waals surface area contributed by atoms with E-state index in [0.717, 1.165) is 5.56 Å². The fourth-order valence-electron chi connectivity index (χ4n) is 3.58. The largest absolute Gasteiger partial charge is 0.503 e. The van der Waals surface area contributed by atoms with Crippen LogP contribution in [0.25, 0.3) is 10.6 Å². The molecule has 1 unspecified atom stereocenters. The van der Waals surface area contributed by atoms with E-state index in [9.17, 15) is 19.1 Å². The molecular formula is C21H21FN4O3S. The van der Waals surface area contributed by atoms with Gasteiger partial charge in [0.15, 0.2) is 16.5 Å². The predicted molar refractivity (Wildman–Crippen MR) is 111 cm³/mol. The minimum atomic E-state index is -0.642. The van der Waals surface area contributed by atoms with Gasteiger partial charge in [-0.25, -0.2) is 4.39 Å². The molecular weight excluding hydrogens is 407 g/mol. The summed E-state index contributed by atoms with van der Waals surface area (Å²) in [6.45, 7) is 6.21. The van der Waals surface area contributed by atoms with Crippen LogP contribution in [0.3, 0.4) is 0 Å². The molecule has 0 bridgehead atoms. The number of hydrogen-bond donors (Lipinski definition) is 1. The number of nitrogens with zero attached hydrogens (tertiary/aromatic N) is 4. The first-order valence-electron chi connectivity index (χ1n) is 9.62. The van der Waals surface area contributed by atoms with Crippen LogP contribution in [-0.4, -0.2) is 43.3 Å². The first-order chi connectivity index (χ1) is 14.3. The fourth-order valence-corrected chi connectivity index (χ4v) is 4.46. The third-order valence-electron chi connectivity index (χ3n) is 5.20. The van der Waals surface area contributed by atoms with Crippen molar-refractivity contribution < 1.29 is 14.3 Å². The number of benzene rings is 1. The van der Waals surface area contributed by atoms with Crippen molar-refractivity contribution in [2.75, 3.05) is 6.54 Å². The fraction of sp³-hybridized carbons (Fsp3) is 0.333. The van der Waals surface area contributed by atoms with Crippen molar-refractivity contribution in [3.8, 4) is 16.3 Å². The highest BCUT2D eigenvalue weighted by Crippen LogP contribution is 2.31. The van der Waals surface area contributed by atoms with Crippen molar-refractivity contribution in [2.45, 2.75) is 39.3 Å². The van der Waals surface area contributed by atoms with Crippen LogP contribution in [0.5, 0.6) is 5.75 Å². The van der Waals surface area contributed by atoms with Crippen molar-refractivity contribution in [3.05, 3.63) is 62.8 Å². The molecule has 2 aromatic heterocycles. The lowest BCUT2D eigenvalue weighted by Gasteiger charge is -2.37. The molecule has 1 aromatic carbocycles. The highest BCUT2D eigenvalue weighted by molar-refractivity contribution is 7.14. The maximum Gasteiger partial charge on any atom is 0.274 e. The van der Waals surface area contributed by atoms with Gasteiger partial charge in [0.25, 0.3) is 5.91 Å². The molecule has 156 valence electrons. The quantitative estimate of drug-likeness (QED) is 0.689. The maximum absolute atomic E-state index is 13.1. The van der Waals surface area contributed by atoms with Crippen LogP contribution in [0, 0.1) is 5.82 Å². The lowest BCUT2D eigenvalue weighted by molar-refractivity contribution is 0.0608. The summed E-state index contributed by atoms with van der Waals surface area (Å²) < 4.78 is 14.7. The lowest BCUT2D eigenvalue weighted by Crippen LogP contribution is -2.46. The number of rotatable bonds is 4. The zero-order valence-electron chi connectivity index (χ0n) is 16.8. The van der Waals surface area contributed by atoms with E-state index in [2.05, 4.69) is 10.2 Å². The molecule has 0 saturated heterocycles. The third-order valence-corrected chi connectivity index (χ3v) is 6.16. The van der Waals surface area contributed by atoms with Gasteiger partial charge in [-0.15, -0.1) is 10.2 Å². The summed E-state index contributed by atoms with van der Waals surface area (Å²) in [5, 5.41) is 19.9. The van der Waals surface area contributed by atoms with Crippen molar-refractivity contribution in [2.24, 2.45) is 0 Å². The molecule has 3 aromatic rings. The van der Waals surface area contributed by atoms with E-state index in [4.69, 9.17) is 0 Å². The molecule has 1 aliphatic heterocycles. The van der Waals surface area contributed by atoms with E-state index in [-0.39, 0.29) is 35.1 Å². The number of pyridine rings is 1. The average molecular weight is 428 g/mol. The molecule has 7 nitrogen and oxygen atoms in total. The Morgan fingerprint density at radius 1 is 1.23 bits per heavy atom. The lowest BCUT2D eigenvalue weighted by atomic mass is 10.1. The molecule has 4 rings (SSSR count). The number of aromatic hydroxyl groups is 1. The first-order valence-corrected chi connectivity index (χ1v) is 10.4. The molecule has 30 heavy (non-hydrogen) atoms. The van der Waals surface area contributed by atoms with Gasteiger partial charge in [-0.1, -0.05) is 23.5 Å². The molecule has 0 aliphatic carbocycles. The number of hydrogen-bond acceptors (Lipinski definition) is 6. The molecule has 0 spiro atoms. The number of amides is 1. The molecule has 0 fully saturated rings. The van der Waals surface area contributed by atoms with Gasteiger partial charge in [-0.05, 0) is 38.5 Å². The van der Waals surface area contributed by atoms with Crippen LogP contribution in [0.2, 0.25) is 0 Å². The summed E-state index contributed by atoms with van der Waals surface area (Å²) in [6.07, 6.45) is 2.04. The van der Waals surface area contributed by atoms with Gasteiger partial charge in [0.05, 0.1) is 5.56 Å². The molecule has 1 N–H and O–H groups in total. The topological polar surface area (TPSA) is 88.3 Å². The number of aromatic nitrogens is 3. The molecule has 3 heterocycles. The van der Waals surface area contributed by atoms with Crippen LogP contribution in [0.15, 0.2) is 35.3 Å². The van der Waals surface area contributed by atoms with E-state index < -0.39 is 11.2 Å². The molecule has 1 atom stereocenters. The normalized spacial score (nSPS) is 16.2. The number of fused-ring (bicyclic) bond motifs is 1. The van der Waals surface area contributed by atoms with Crippen LogP contribution in [0.1, 0.15) is 47.9 Å². The van der Waals surface area contributed by atoms with Crippen molar-refractivity contribution in [3.63, 3.8) is 0 Å². The maximum atomic E-state index is 13.1. The Morgan fingerprint density at radius 2 is 1.93 bits per heavy atom. The van der Waals surface area contributed by atoms with Crippen molar-refractivity contribution in [1.82, 2.24) is 19.7 Å². The van der Waals surface area contributed by atoms with E-state index in [1.807, 2.05) is 20.8 Å². The molecule has 1 amide bonds. The standard InChI is InChI=1S/C21H21FN4O3S/c1-11(2)25-9-12(3)26-10-15(18(27)19(28)17(26)21(25)29)20-24-23-16(30-20)8-13-4-6-14(22)7-5-13/h4-7,10-12,28H,8-9H2,1-3H3. The third kappa shape index (κ3) is 3.49. The van der Waals surface area contributed by atoms with E-state index >= 15 is 0 Å². The van der Waals surface area contributed by atoms with Gasteiger partial charge in [-0.2, -0.15) is 0 Å². The van der Waals surface area contributed by atoms with Crippen LogP contribution < -0.4 is 5.43 Å². The van der Waals surface area contributed by atoms with Crippen molar-refractivity contribution in [1.29, 1.82) is 0 Å². The summed E-state index contributed by atoms with van der Waals surface area (Å²) in [5.74, 6) is -1.24. The second kappa shape index (κ2) is 7.64. The Balaban J connectivity index is 1.72. The minimum Gasteiger partial charge on any atom is -0.503 e. The molecule has 1 aliphatic rings. The number of halogens is 1. The molecule has 0 radical (unpaired) electrons. The SMILES string of the molecule is CC(C)N1CC(C)n2cc(-c3nnc(Cc4ccc(F)cc4)s3)c(=O)c(O)c2C1=O. The Labute approximate surface area is 176 Å². The number of carbonyl (C=O) groups is 1. The minimum absolute atomic E-state index is 0.00671. The van der Waals surface area contributed by atoms with E-state index in [1.54, 1.807) is 27.8 Å². The van der Waals surface area contributed by atoms with E-state index in [0.29, 0.717) is 23.0 Å². The van der Waals surface area contributed by atoms with Crippen LogP contribution in [0.4, 0.5) is 4.39 Å². The summed E-state index contributed by atoms with van der Waals surface area (Å²) in [5.41, 5.74) is 0.443. The highest BCUT2D eigenvalue weighted by atomic mass is 32.1. The van der Waals surface area contributed by atoms with Gasteiger partial charge >= 0.3 is 0 Å². The predicted octanol–water partition coefficient (Wildman–Crippen LogP) is 3.23. The zero-order valence-corrected chi connectivity index (χ0v) is 17.6. The molecule has 9 heteroatoms. The zero-order chi connectivity index (χ0) is 21.6. The molecule has 0 saturated carbocycles. The summed E-state index contributed by atoms with van der Waals surface area (Å²) in [6, 6.07) is 5.94. The smallest absolute Gasteiger partial charge is 0.274 e. The Morgan fingerprint density at radius 3 is 2.60 bits per heavy atom. The summed E-state index contributed by atoms with van der Waals surface area (Å²) >= 11 is 1.23. The van der Waals surface area contributed by atoms with Crippen LogP contribution >= 0.6 is 11.3 Å². The van der Waals surface area contributed by atoms with Gasteiger partial charge in [0, 0.05) is 31.2 Å². The van der Waals surface area contributed by atoms with Gasteiger partial charge in [0.1, 0.15) is 10.8 Å². The second-order valence-electron chi connectivity index (χ2n) is 7.68. The monoisotopic (exact) mass is 428 g/mol. The van der Waals surface area contributed by atoms with Crippen molar-refractivity contribution >= 4 is 17.2 Å². The first kappa shape index (κ1) is 20.2. The van der Waals surface area contributed by atoms with Gasteiger partial charge < -0.3 is 14.6 Å². The van der Waals surface area contributed by atoms with E-state index in [1.165, 1.54) is 23.5 Å². The van der Waals surface area contributed by atoms with Gasteiger partial charge in [-0.3, -0.25) is 9.59 Å². The number of carbonyl (C=O) groups excluding carboxylic acids is 1. The van der Waals surface area contributed by atoms with Gasteiger partial charge in [0.2, 0.25) is 5.43 Å². The summed E-state index contributed by atoms with van der Waals surface area (Å²) in [7, 11) is 0. The Bertz CT molecular complexity index is 1170. The summed E-state index contributed by atoms with van der Waals surface area (Å²) in [4.78, 5) is 27.3. The second-order valence-corrected chi connectivity index (χ2v) is 8.74. The Hall–Kier alpha value is -3.07. The van der Waals surface area contributed by atoms with Crippen LogP contribution in [-0.2, 0) is 6.42 Å². The highest BCUT2D eigenvalue weighted by Gasteiger charge is 2.34. The Kier molecular flexibility index (Phi) is 5.15. The average Bonchev–Trinajstić information content (AvgIpc) is 3.16.